The number of hydrogen-bond acceptors (Lipinski definition) is 11. The van der Waals surface area contributed by atoms with Gasteiger partial charge in [0.25, 0.3) is 12.7 Å². The van der Waals surface area contributed by atoms with Crippen LogP contribution in [0.25, 0.3) is 0 Å². The summed E-state index contributed by atoms with van der Waals surface area (Å²) in [5, 5.41) is 0. The van der Waals surface area contributed by atoms with Gasteiger partial charge in [0.05, 0.1) is 0 Å². The Morgan fingerprint density at radius 2 is 1.41 bits per heavy atom. The lowest BCUT2D eigenvalue weighted by Gasteiger charge is -2.05. The Balaban J connectivity index is 0.000000342. The van der Waals surface area contributed by atoms with Crippen LogP contribution in [0.5, 0.6) is 0 Å². The number of aromatic nitrogens is 4. The lowest BCUT2D eigenvalue weighted by Crippen LogP contribution is -2.34. The van der Waals surface area contributed by atoms with Crippen molar-refractivity contribution in [3.63, 3.8) is 0 Å². The molecule has 0 fully saturated rings. The molecule has 15 nitrogen and oxygen atoms in total. The molecule has 0 unspecified atom stereocenters. The Labute approximate surface area is 195 Å². The molecule has 0 aliphatic carbocycles. The lowest BCUT2D eigenvalue weighted by molar-refractivity contribution is -0.698. The monoisotopic (exact) mass is 520 g/mol. The van der Waals surface area contributed by atoms with Gasteiger partial charge in [0.15, 0.2) is 19.4 Å². The fourth-order valence-corrected chi connectivity index (χ4v) is 2.55. The SMILES string of the molecule is C#CCOC(=O)n1cc[n+](CCOS(=O)(=O)[O-])c1.C#CCOn1cc[n+](CCOS(=O)(=O)[O-])c1. The van der Waals surface area contributed by atoms with Crippen molar-refractivity contribution < 1.29 is 57.8 Å². The molecule has 0 saturated heterocycles. The maximum Gasteiger partial charge on any atom is 0.512 e. The quantitative estimate of drug-likeness (QED) is 0.129. The topological polar surface area (TPSA) is 186 Å². The van der Waals surface area contributed by atoms with E-state index in [-0.39, 0.29) is 39.5 Å². The molecule has 2 aromatic heterocycles. The van der Waals surface area contributed by atoms with Gasteiger partial charge in [0, 0.05) is 0 Å². The minimum atomic E-state index is -4.70. The molecule has 186 valence electrons. The molecule has 0 aromatic carbocycles. The molecule has 2 rings (SSSR count). The molecule has 0 aliphatic heterocycles. The zero-order chi connectivity index (χ0) is 25.6. The van der Waals surface area contributed by atoms with Crippen LogP contribution in [0.1, 0.15) is 0 Å². The van der Waals surface area contributed by atoms with Gasteiger partial charge in [-0.25, -0.2) is 26.0 Å². The van der Waals surface area contributed by atoms with Crippen LogP contribution < -0.4 is 14.0 Å². The normalized spacial score (nSPS) is 10.9. The van der Waals surface area contributed by atoms with Gasteiger partial charge in [0.1, 0.15) is 44.9 Å². The van der Waals surface area contributed by atoms with Gasteiger partial charge in [-0.2, -0.15) is 4.79 Å². The van der Waals surface area contributed by atoms with Crippen LogP contribution in [0.4, 0.5) is 4.79 Å². The summed E-state index contributed by atoms with van der Waals surface area (Å²) in [5.74, 6) is 4.43. The first kappa shape index (κ1) is 28.6. The molecule has 2 heterocycles. The van der Waals surface area contributed by atoms with Crippen LogP contribution in [0, 0.1) is 24.7 Å². The Morgan fingerprint density at radius 3 is 1.94 bits per heavy atom. The van der Waals surface area contributed by atoms with Gasteiger partial charge in [0.2, 0.25) is 20.8 Å². The van der Waals surface area contributed by atoms with Crippen LogP contribution in [0.2, 0.25) is 0 Å². The number of imidazole rings is 2. The van der Waals surface area contributed by atoms with Crippen molar-refractivity contribution in [3.8, 4) is 24.7 Å². The highest BCUT2D eigenvalue weighted by atomic mass is 32.3. The molecule has 0 spiro atoms. The molecule has 0 atom stereocenters. The highest BCUT2D eigenvalue weighted by Gasteiger charge is 2.13. The third kappa shape index (κ3) is 13.2. The second kappa shape index (κ2) is 14.0. The van der Waals surface area contributed by atoms with Crippen molar-refractivity contribution in [1.29, 1.82) is 0 Å². The Hall–Kier alpha value is -3.45. The van der Waals surface area contributed by atoms with Gasteiger partial charge >= 0.3 is 6.09 Å². The minimum absolute atomic E-state index is 0.0941. The standard InChI is InChI=1S/C9H10N2O6S.C8H10N2O5S/c1-2-6-16-9(12)11-4-3-10(8-11)5-7-17-18(13,14)15;1-2-6-14-10-4-3-9(8-10)5-7-15-16(11,12)13/h1,3-4,8H,5-7H2;1,3-4,8H,5-7H2. The van der Waals surface area contributed by atoms with Crippen LogP contribution >= 0.6 is 0 Å². The number of rotatable bonds is 11. The zero-order valence-corrected chi connectivity index (χ0v) is 19.1. The summed E-state index contributed by atoms with van der Waals surface area (Å²) in [6.07, 6.45) is 18.2. The van der Waals surface area contributed by atoms with Crippen LogP contribution in [-0.4, -0.2) is 67.8 Å². The molecule has 0 radical (unpaired) electrons. The van der Waals surface area contributed by atoms with Gasteiger partial charge in [-0.05, 0) is 0 Å². The molecule has 0 saturated carbocycles. The van der Waals surface area contributed by atoms with E-state index < -0.39 is 26.9 Å². The third-order valence-corrected chi connectivity index (χ3v) is 4.21. The summed E-state index contributed by atoms with van der Waals surface area (Å²) in [4.78, 5) is 16.3. The minimum Gasteiger partial charge on any atom is -0.726 e. The smallest absolute Gasteiger partial charge is 0.512 e. The Bertz CT molecular complexity index is 1220. The molecular weight excluding hydrogens is 500 g/mol. The van der Waals surface area contributed by atoms with Gasteiger partial charge in [-0.3, -0.25) is 8.37 Å². The van der Waals surface area contributed by atoms with E-state index in [1.165, 1.54) is 34.3 Å². The number of hydrogen-bond donors (Lipinski definition) is 0. The predicted molar refractivity (Wildman–Crippen MR) is 106 cm³/mol. The largest absolute Gasteiger partial charge is 0.726 e. The molecule has 17 heteroatoms. The first-order chi connectivity index (χ1) is 15.9. The molecule has 34 heavy (non-hydrogen) atoms. The molecule has 0 aliphatic rings. The second-order valence-electron chi connectivity index (χ2n) is 5.77. The summed E-state index contributed by atoms with van der Waals surface area (Å²) >= 11 is 0. The lowest BCUT2D eigenvalue weighted by atomic mass is 10.7. The summed E-state index contributed by atoms with van der Waals surface area (Å²) in [6, 6.07) is 0. The predicted octanol–water partition coefficient (Wildman–Crippen LogP) is -2.82. The summed E-state index contributed by atoms with van der Waals surface area (Å²) in [6.45, 7) is -0.255. The van der Waals surface area contributed by atoms with E-state index in [1.54, 1.807) is 17.0 Å². The fraction of sp³-hybridized carbons (Fsp3) is 0.353. The van der Waals surface area contributed by atoms with Crippen molar-refractivity contribution in [3.05, 3.63) is 37.4 Å². The zero-order valence-electron chi connectivity index (χ0n) is 17.5. The number of terminal acetylenes is 2. The molecule has 0 N–H and O–H groups in total. The van der Waals surface area contributed by atoms with Crippen LogP contribution in [0.3, 0.4) is 0 Å². The fourth-order valence-electron chi connectivity index (χ4n) is 2.00. The molecular formula is C17H20N4O11S2. The van der Waals surface area contributed by atoms with Crippen LogP contribution in [0.15, 0.2) is 37.4 Å². The maximum atomic E-state index is 11.3. The first-order valence-corrected chi connectivity index (χ1v) is 11.6. The van der Waals surface area contributed by atoms with Gasteiger partial charge in [-0.1, -0.05) is 16.6 Å². The first-order valence-electron chi connectivity index (χ1n) is 8.95. The van der Waals surface area contributed by atoms with Crippen molar-refractivity contribution in [2.24, 2.45) is 0 Å². The van der Waals surface area contributed by atoms with E-state index >= 15 is 0 Å². The summed E-state index contributed by atoms with van der Waals surface area (Å²) in [7, 11) is -9.33. The number of ether oxygens (including phenoxy) is 1. The van der Waals surface area contributed by atoms with Gasteiger partial charge < -0.3 is 18.7 Å². The average molecular weight is 520 g/mol. The Kier molecular flexibility index (Phi) is 11.7. The highest BCUT2D eigenvalue weighted by molar-refractivity contribution is 7.81. The Morgan fingerprint density at radius 1 is 0.882 bits per heavy atom. The summed E-state index contributed by atoms with van der Waals surface area (Å²) in [5.41, 5.74) is 0. The van der Waals surface area contributed by atoms with E-state index in [0.717, 1.165) is 4.57 Å². The number of carbonyl (C=O) groups is 1. The second-order valence-corrected chi connectivity index (χ2v) is 7.87. The van der Waals surface area contributed by atoms with Crippen LogP contribution in [-0.2, 0) is 47.0 Å². The molecule has 0 bridgehead atoms. The number of nitrogens with zero attached hydrogens (tertiary/aromatic N) is 4. The van der Waals surface area contributed by atoms with E-state index in [9.17, 15) is 30.7 Å². The van der Waals surface area contributed by atoms with E-state index in [4.69, 9.17) is 17.7 Å². The van der Waals surface area contributed by atoms with Crippen molar-refractivity contribution in [1.82, 2.24) is 9.30 Å². The average Bonchev–Trinajstić information content (AvgIpc) is 3.39. The summed E-state index contributed by atoms with van der Waals surface area (Å²) < 4.78 is 79.1. The van der Waals surface area contributed by atoms with Crippen molar-refractivity contribution in [2.75, 3.05) is 26.4 Å². The molecule has 0 amide bonds. The highest BCUT2D eigenvalue weighted by Crippen LogP contribution is 1.90. The molecule has 2 aromatic rings. The van der Waals surface area contributed by atoms with E-state index in [1.807, 2.05) is 0 Å². The maximum absolute atomic E-state index is 11.3. The van der Waals surface area contributed by atoms with E-state index in [2.05, 4.69) is 24.9 Å². The number of carbonyl (C=O) groups excluding carboxylic acids is 1. The third-order valence-electron chi connectivity index (χ3n) is 3.30. The van der Waals surface area contributed by atoms with Crippen molar-refractivity contribution >= 4 is 26.9 Å². The van der Waals surface area contributed by atoms with Gasteiger partial charge in [-0.15, -0.1) is 17.4 Å². The van der Waals surface area contributed by atoms with Crippen molar-refractivity contribution in [2.45, 2.75) is 13.1 Å². The van der Waals surface area contributed by atoms with E-state index in [0.29, 0.717) is 0 Å².